The molecule has 0 bridgehead atoms. The first-order valence-corrected chi connectivity index (χ1v) is 6.78. The van der Waals surface area contributed by atoms with Crippen LogP contribution in [0.4, 0.5) is 8.78 Å². The molecule has 1 nitrogen and oxygen atoms in total. The van der Waals surface area contributed by atoms with Crippen molar-refractivity contribution in [2.24, 2.45) is 5.92 Å². The van der Waals surface area contributed by atoms with Crippen LogP contribution in [0.5, 0.6) is 0 Å². The number of halogens is 2. The van der Waals surface area contributed by atoms with Gasteiger partial charge in [-0.1, -0.05) is 25.8 Å². The Labute approximate surface area is 108 Å². The fourth-order valence-electron chi connectivity index (χ4n) is 2.95. The molecule has 1 aromatic rings. The molecule has 0 radical (unpaired) electrons. The van der Waals surface area contributed by atoms with Crippen LogP contribution in [0.2, 0.25) is 0 Å². The maximum Gasteiger partial charge on any atom is 0.130 e. The standard InChI is InChI=1S/C15H21F2N/c1-10-5-3-6-12(9-10)18-11(2)15-13(16)7-4-8-14(15)17/h4,7-8,10-12,18H,3,5-6,9H2,1-2H3. The van der Waals surface area contributed by atoms with E-state index >= 15 is 0 Å². The van der Waals surface area contributed by atoms with Crippen LogP contribution in [0.3, 0.4) is 0 Å². The summed E-state index contributed by atoms with van der Waals surface area (Å²) in [5.74, 6) is -0.216. The highest BCUT2D eigenvalue weighted by molar-refractivity contribution is 5.22. The highest BCUT2D eigenvalue weighted by Crippen LogP contribution is 2.27. The van der Waals surface area contributed by atoms with Gasteiger partial charge in [0.05, 0.1) is 0 Å². The van der Waals surface area contributed by atoms with Crippen molar-refractivity contribution in [1.82, 2.24) is 5.32 Å². The van der Waals surface area contributed by atoms with Gasteiger partial charge in [0.1, 0.15) is 11.6 Å². The van der Waals surface area contributed by atoms with Crippen molar-refractivity contribution in [1.29, 1.82) is 0 Å². The molecule has 0 aliphatic heterocycles. The first-order chi connectivity index (χ1) is 8.58. The van der Waals surface area contributed by atoms with E-state index in [2.05, 4.69) is 12.2 Å². The fourth-order valence-corrected chi connectivity index (χ4v) is 2.95. The first-order valence-electron chi connectivity index (χ1n) is 6.78. The van der Waals surface area contributed by atoms with E-state index in [4.69, 9.17) is 0 Å². The van der Waals surface area contributed by atoms with E-state index in [0.717, 1.165) is 12.8 Å². The summed E-state index contributed by atoms with van der Waals surface area (Å²) in [5, 5.41) is 3.37. The summed E-state index contributed by atoms with van der Waals surface area (Å²) >= 11 is 0. The molecule has 18 heavy (non-hydrogen) atoms. The van der Waals surface area contributed by atoms with Crippen molar-refractivity contribution < 1.29 is 8.78 Å². The Bertz CT molecular complexity index is 385. The van der Waals surface area contributed by atoms with Crippen molar-refractivity contribution in [2.45, 2.75) is 51.6 Å². The van der Waals surface area contributed by atoms with Gasteiger partial charge in [0.25, 0.3) is 0 Å². The van der Waals surface area contributed by atoms with Gasteiger partial charge in [0.15, 0.2) is 0 Å². The fraction of sp³-hybridized carbons (Fsp3) is 0.600. The molecule has 1 saturated carbocycles. The van der Waals surface area contributed by atoms with Gasteiger partial charge < -0.3 is 5.32 Å². The Morgan fingerprint density at radius 2 is 1.89 bits per heavy atom. The van der Waals surface area contributed by atoms with Crippen LogP contribution >= 0.6 is 0 Å². The number of nitrogens with one attached hydrogen (secondary N) is 1. The van der Waals surface area contributed by atoms with E-state index in [9.17, 15) is 8.78 Å². The number of benzene rings is 1. The molecule has 1 aromatic carbocycles. The second-order valence-corrected chi connectivity index (χ2v) is 5.49. The van der Waals surface area contributed by atoms with Gasteiger partial charge in [-0.15, -0.1) is 0 Å². The number of hydrogen-bond donors (Lipinski definition) is 1. The summed E-state index contributed by atoms with van der Waals surface area (Å²) in [6.07, 6.45) is 4.66. The third kappa shape index (κ3) is 3.08. The molecule has 0 spiro atoms. The Balaban J connectivity index is 2.05. The topological polar surface area (TPSA) is 12.0 Å². The van der Waals surface area contributed by atoms with Crippen LogP contribution in [0.15, 0.2) is 18.2 Å². The van der Waals surface area contributed by atoms with Gasteiger partial charge in [0, 0.05) is 17.6 Å². The number of rotatable bonds is 3. The maximum atomic E-state index is 13.7. The Morgan fingerprint density at radius 3 is 2.50 bits per heavy atom. The second kappa shape index (κ2) is 5.79. The van der Waals surface area contributed by atoms with Crippen molar-refractivity contribution in [3.8, 4) is 0 Å². The highest BCUT2D eigenvalue weighted by atomic mass is 19.1. The lowest BCUT2D eigenvalue weighted by molar-refractivity contribution is 0.282. The quantitative estimate of drug-likeness (QED) is 0.851. The van der Waals surface area contributed by atoms with Gasteiger partial charge in [0.2, 0.25) is 0 Å². The molecular weight excluding hydrogens is 232 g/mol. The summed E-state index contributed by atoms with van der Waals surface area (Å²) in [7, 11) is 0. The van der Waals surface area contributed by atoms with Gasteiger partial charge in [-0.25, -0.2) is 8.78 Å². The summed E-state index contributed by atoms with van der Waals surface area (Å²) in [6, 6.07) is 4.15. The zero-order chi connectivity index (χ0) is 13.1. The van der Waals surface area contributed by atoms with E-state index in [1.54, 1.807) is 0 Å². The van der Waals surface area contributed by atoms with E-state index in [1.807, 2.05) is 6.92 Å². The van der Waals surface area contributed by atoms with E-state index in [1.165, 1.54) is 31.0 Å². The predicted octanol–water partition coefficient (Wildman–Crippen LogP) is 4.19. The first kappa shape index (κ1) is 13.5. The average Bonchev–Trinajstić information content (AvgIpc) is 2.28. The van der Waals surface area contributed by atoms with Gasteiger partial charge in [-0.3, -0.25) is 0 Å². The minimum atomic E-state index is -0.459. The zero-order valence-electron chi connectivity index (χ0n) is 11.0. The summed E-state index contributed by atoms with van der Waals surface area (Å²) in [4.78, 5) is 0. The third-order valence-electron chi connectivity index (χ3n) is 3.85. The smallest absolute Gasteiger partial charge is 0.130 e. The van der Waals surface area contributed by atoms with E-state index in [-0.39, 0.29) is 11.6 Å². The van der Waals surface area contributed by atoms with Crippen molar-refractivity contribution in [3.05, 3.63) is 35.4 Å². The molecule has 0 saturated heterocycles. The summed E-state index contributed by atoms with van der Waals surface area (Å²) < 4.78 is 27.3. The van der Waals surface area contributed by atoms with Gasteiger partial charge >= 0.3 is 0 Å². The minimum absolute atomic E-state index is 0.163. The molecule has 0 aromatic heterocycles. The average molecular weight is 253 g/mol. The maximum absolute atomic E-state index is 13.7. The second-order valence-electron chi connectivity index (χ2n) is 5.49. The molecule has 1 aliphatic rings. The van der Waals surface area contributed by atoms with Crippen molar-refractivity contribution in [3.63, 3.8) is 0 Å². The summed E-state index contributed by atoms with van der Waals surface area (Å²) in [5.41, 5.74) is 0.163. The molecule has 100 valence electrons. The molecule has 3 atom stereocenters. The van der Waals surface area contributed by atoms with Gasteiger partial charge in [-0.05, 0) is 37.8 Å². The lowest BCUT2D eigenvalue weighted by Crippen LogP contribution is -2.36. The van der Waals surface area contributed by atoms with Crippen LogP contribution in [0, 0.1) is 17.6 Å². The molecule has 1 aliphatic carbocycles. The SMILES string of the molecule is CC1CCCC(NC(C)c2c(F)cccc2F)C1. The van der Waals surface area contributed by atoms with Crippen LogP contribution < -0.4 is 5.32 Å². The van der Waals surface area contributed by atoms with Gasteiger partial charge in [-0.2, -0.15) is 0 Å². The molecule has 3 heteroatoms. The normalized spacial score (nSPS) is 26.0. The monoisotopic (exact) mass is 253 g/mol. The molecule has 1 fully saturated rings. The predicted molar refractivity (Wildman–Crippen MR) is 69.3 cm³/mol. The van der Waals surface area contributed by atoms with Crippen molar-refractivity contribution >= 4 is 0 Å². The third-order valence-corrected chi connectivity index (χ3v) is 3.85. The van der Waals surface area contributed by atoms with Crippen LogP contribution in [-0.2, 0) is 0 Å². The molecule has 0 amide bonds. The van der Waals surface area contributed by atoms with Crippen molar-refractivity contribution in [2.75, 3.05) is 0 Å². The Hall–Kier alpha value is -0.960. The van der Waals surface area contributed by atoms with Crippen LogP contribution in [-0.4, -0.2) is 6.04 Å². The summed E-state index contributed by atoms with van der Waals surface area (Å²) in [6.45, 7) is 4.07. The van der Waals surface area contributed by atoms with Crippen LogP contribution in [0.25, 0.3) is 0 Å². The Morgan fingerprint density at radius 1 is 1.22 bits per heavy atom. The molecule has 0 heterocycles. The number of hydrogen-bond acceptors (Lipinski definition) is 1. The lowest BCUT2D eigenvalue weighted by atomic mass is 9.86. The lowest BCUT2D eigenvalue weighted by Gasteiger charge is -2.30. The zero-order valence-corrected chi connectivity index (χ0v) is 11.0. The molecule has 1 N–H and O–H groups in total. The molecule has 3 unspecified atom stereocenters. The molecule has 2 rings (SSSR count). The van der Waals surface area contributed by atoms with E-state index < -0.39 is 11.6 Å². The molecular formula is C15H21F2N. The van der Waals surface area contributed by atoms with E-state index in [0.29, 0.717) is 12.0 Å². The van der Waals surface area contributed by atoms with Crippen LogP contribution in [0.1, 0.15) is 51.1 Å². The minimum Gasteiger partial charge on any atom is -0.307 e. The largest absolute Gasteiger partial charge is 0.307 e. The Kier molecular flexibility index (Phi) is 4.33. The highest BCUT2D eigenvalue weighted by Gasteiger charge is 2.23.